The molecule has 11 heteroatoms. The van der Waals surface area contributed by atoms with Gasteiger partial charge in [-0.05, 0) is 69.9 Å². The highest BCUT2D eigenvalue weighted by Gasteiger charge is 2.42. The Morgan fingerprint density at radius 2 is 2.05 bits per heavy atom. The van der Waals surface area contributed by atoms with Crippen molar-refractivity contribution in [2.75, 3.05) is 57.5 Å². The maximum absolute atomic E-state index is 13.4. The second-order valence-corrected chi connectivity index (χ2v) is 10.6. The van der Waals surface area contributed by atoms with Crippen LogP contribution >= 0.6 is 0 Å². The molecule has 1 fully saturated rings. The summed E-state index contributed by atoms with van der Waals surface area (Å²) in [6, 6.07) is 10.4. The first kappa shape index (κ1) is 28.1. The molecule has 1 saturated heterocycles. The number of para-hydroxylation sites is 1. The van der Waals surface area contributed by atoms with Crippen molar-refractivity contribution in [2.45, 2.75) is 18.3 Å². The quantitative estimate of drug-likeness (QED) is 0.255. The third-order valence-corrected chi connectivity index (χ3v) is 7.47. The molecule has 0 radical (unpaired) electrons. The van der Waals surface area contributed by atoms with E-state index in [0.29, 0.717) is 36.8 Å². The number of pyridine rings is 1. The van der Waals surface area contributed by atoms with Gasteiger partial charge in [0, 0.05) is 48.2 Å². The number of hydrogen-bond donors (Lipinski definition) is 5. The number of fused-ring (bicyclic) bond motifs is 2. The standard InChI is InChI=1S/C30H35N7O4/c1-4-25(38)36-26-20(7-5-8-23(26)41-14-13-37(2)3)29(40)35-24-15-19(9-12-32-24)22-16-21-27(34-22)30(18-33-28(21)39)10-6-11-31-17-30/h4-5,7-9,12,15-16,31,34H,1,6,10-11,13-14,17-18H2,2-3H3,(H,33,39)(H,36,38)(H,32,35,40). The summed E-state index contributed by atoms with van der Waals surface area (Å²) in [6.07, 6.45) is 4.75. The molecule has 1 spiro atoms. The van der Waals surface area contributed by atoms with Crippen LogP contribution in [0.4, 0.5) is 11.5 Å². The normalized spacial score (nSPS) is 18.0. The van der Waals surface area contributed by atoms with Crippen molar-refractivity contribution in [3.05, 3.63) is 72.1 Å². The molecule has 214 valence electrons. The Bertz CT molecular complexity index is 1470. The Labute approximate surface area is 238 Å². The van der Waals surface area contributed by atoms with Gasteiger partial charge < -0.3 is 35.9 Å². The third kappa shape index (κ3) is 6.01. The number of carbonyl (C=O) groups is 3. The van der Waals surface area contributed by atoms with Crippen LogP contribution in [0.5, 0.6) is 5.75 Å². The van der Waals surface area contributed by atoms with Crippen LogP contribution in [0, 0.1) is 0 Å². The number of aromatic amines is 1. The van der Waals surface area contributed by atoms with Crippen LogP contribution in [0.25, 0.3) is 11.3 Å². The van der Waals surface area contributed by atoms with E-state index in [1.807, 2.05) is 31.1 Å². The number of nitrogens with one attached hydrogen (secondary N) is 5. The van der Waals surface area contributed by atoms with Gasteiger partial charge in [0.1, 0.15) is 18.2 Å². The van der Waals surface area contributed by atoms with Crippen molar-refractivity contribution in [2.24, 2.45) is 0 Å². The van der Waals surface area contributed by atoms with E-state index in [2.05, 4.69) is 37.8 Å². The molecule has 3 amide bonds. The van der Waals surface area contributed by atoms with Crippen molar-refractivity contribution >= 4 is 29.2 Å². The maximum Gasteiger partial charge on any atom is 0.259 e. The molecule has 5 N–H and O–H groups in total. The lowest BCUT2D eigenvalue weighted by atomic mass is 9.74. The summed E-state index contributed by atoms with van der Waals surface area (Å²) < 4.78 is 5.88. The maximum atomic E-state index is 13.4. The molecule has 11 nitrogen and oxygen atoms in total. The lowest BCUT2D eigenvalue weighted by molar-refractivity contribution is -0.111. The fourth-order valence-electron chi connectivity index (χ4n) is 5.30. The predicted molar refractivity (Wildman–Crippen MR) is 157 cm³/mol. The molecule has 4 heterocycles. The molecule has 1 atom stereocenters. The number of nitrogens with zero attached hydrogens (tertiary/aromatic N) is 2. The SMILES string of the molecule is C=CC(=O)Nc1c(OCCN(C)C)cccc1C(=O)Nc1cc(-c2cc3c([nH]2)C2(CCCNC2)CNC3=O)ccn1. The van der Waals surface area contributed by atoms with E-state index >= 15 is 0 Å². The molecule has 0 bridgehead atoms. The van der Waals surface area contributed by atoms with Crippen LogP contribution in [-0.4, -0.2) is 79.5 Å². The van der Waals surface area contributed by atoms with Gasteiger partial charge >= 0.3 is 0 Å². The number of piperidine rings is 1. The lowest BCUT2D eigenvalue weighted by Gasteiger charge is -2.40. The molecule has 1 unspecified atom stereocenters. The molecular weight excluding hydrogens is 522 g/mol. The monoisotopic (exact) mass is 557 g/mol. The first-order valence-electron chi connectivity index (χ1n) is 13.6. The Hall–Kier alpha value is -4.48. The van der Waals surface area contributed by atoms with Gasteiger partial charge in [-0.3, -0.25) is 14.4 Å². The van der Waals surface area contributed by atoms with E-state index in [4.69, 9.17) is 4.74 Å². The summed E-state index contributed by atoms with van der Waals surface area (Å²) >= 11 is 0. The van der Waals surface area contributed by atoms with Crippen LogP contribution in [0.1, 0.15) is 39.3 Å². The van der Waals surface area contributed by atoms with E-state index in [-0.39, 0.29) is 22.6 Å². The number of benzene rings is 1. The van der Waals surface area contributed by atoms with Crippen LogP contribution in [0.3, 0.4) is 0 Å². The Balaban J connectivity index is 1.41. The van der Waals surface area contributed by atoms with Crippen molar-refractivity contribution < 1.29 is 19.1 Å². The zero-order chi connectivity index (χ0) is 29.0. The van der Waals surface area contributed by atoms with Gasteiger partial charge in [0.05, 0.1) is 16.8 Å². The largest absolute Gasteiger partial charge is 0.490 e. The van der Waals surface area contributed by atoms with Crippen molar-refractivity contribution in [1.29, 1.82) is 0 Å². The van der Waals surface area contributed by atoms with Gasteiger partial charge in [0.2, 0.25) is 5.91 Å². The van der Waals surface area contributed by atoms with Crippen LogP contribution in [0.15, 0.2) is 55.3 Å². The fourth-order valence-corrected chi connectivity index (χ4v) is 5.30. The van der Waals surface area contributed by atoms with E-state index < -0.39 is 11.8 Å². The highest BCUT2D eigenvalue weighted by atomic mass is 16.5. The first-order chi connectivity index (χ1) is 19.8. The van der Waals surface area contributed by atoms with Gasteiger partial charge in [-0.25, -0.2) is 4.98 Å². The molecule has 3 aromatic rings. The van der Waals surface area contributed by atoms with E-state index in [9.17, 15) is 14.4 Å². The average Bonchev–Trinajstić information content (AvgIpc) is 3.44. The molecule has 0 aliphatic carbocycles. The second kappa shape index (κ2) is 11.9. The van der Waals surface area contributed by atoms with Crippen LogP contribution < -0.4 is 26.0 Å². The summed E-state index contributed by atoms with van der Waals surface area (Å²) in [6.45, 7) is 6.88. The molecule has 0 saturated carbocycles. The van der Waals surface area contributed by atoms with Gasteiger partial charge in [-0.2, -0.15) is 0 Å². The molecule has 2 aliphatic rings. The minimum absolute atomic E-state index is 0.0944. The highest BCUT2D eigenvalue weighted by molar-refractivity contribution is 6.12. The molecule has 41 heavy (non-hydrogen) atoms. The van der Waals surface area contributed by atoms with Crippen molar-refractivity contribution in [1.82, 2.24) is 25.5 Å². The van der Waals surface area contributed by atoms with Gasteiger partial charge in [0.15, 0.2) is 0 Å². The zero-order valence-corrected chi connectivity index (χ0v) is 23.3. The number of anilines is 2. The third-order valence-electron chi connectivity index (χ3n) is 7.47. The van der Waals surface area contributed by atoms with Crippen LogP contribution in [0.2, 0.25) is 0 Å². The molecular formula is C30H35N7O4. The Morgan fingerprint density at radius 1 is 1.20 bits per heavy atom. The fraction of sp³-hybridized carbons (Fsp3) is 0.333. The van der Waals surface area contributed by atoms with Gasteiger partial charge in [-0.1, -0.05) is 12.6 Å². The number of hydrogen-bond acceptors (Lipinski definition) is 7. The summed E-state index contributed by atoms with van der Waals surface area (Å²) in [7, 11) is 3.86. The highest BCUT2D eigenvalue weighted by Crippen LogP contribution is 2.38. The predicted octanol–water partition coefficient (Wildman–Crippen LogP) is 2.76. The van der Waals surface area contributed by atoms with Crippen molar-refractivity contribution in [3.63, 3.8) is 0 Å². The summed E-state index contributed by atoms with van der Waals surface area (Å²) in [5, 5.41) is 12.1. The Kier molecular flexibility index (Phi) is 8.18. The molecule has 1 aromatic carbocycles. The molecule has 2 aromatic heterocycles. The number of ether oxygens (including phenoxy) is 1. The Morgan fingerprint density at radius 3 is 2.80 bits per heavy atom. The summed E-state index contributed by atoms with van der Waals surface area (Å²) in [4.78, 5) is 48.1. The lowest BCUT2D eigenvalue weighted by Crippen LogP contribution is -2.54. The minimum atomic E-state index is -0.468. The van der Waals surface area contributed by atoms with Gasteiger partial charge in [-0.15, -0.1) is 0 Å². The van der Waals surface area contributed by atoms with E-state index in [1.165, 1.54) is 0 Å². The zero-order valence-electron chi connectivity index (χ0n) is 23.3. The number of carbonyl (C=O) groups excluding carboxylic acids is 3. The smallest absolute Gasteiger partial charge is 0.259 e. The van der Waals surface area contributed by atoms with E-state index in [1.54, 1.807) is 30.5 Å². The minimum Gasteiger partial charge on any atom is -0.490 e. The number of rotatable bonds is 9. The topological polar surface area (TPSA) is 140 Å². The number of aromatic nitrogens is 2. The summed E-state index contributed by atoms with van der Waals surface area (Å²) in [5.41, 5.74) is 3.43. The van der Waals surface area contributed by atoms with E-state index in [0.717, 1.165) is 49.0 Å². The number of amides is 3. The molecule has 2 aliphatic heterocycles. The van der Waals surface area contributed by atoms with Crippen LogP contribution in [-0.2, 0) is 10.2 Å². The summed E-state index contributed by atoms with van der Waals surface area (Å²) in [5.74, 6) is -0.336. The number of likely N-dealkylation sites (N-methyl/N-ethyl adjacent to an activating group) is 1. The average molecular weight is 558 g/mol. The van der Waals surface area contributed by atoms with Gasteiger partial charge in [0.25, 0.3) is 11.8 Å². The first-order valence-corrected chi connectivity index (χ1v) is 13.6. The van der Waals surface area contributed by atoms with Crippen molar-refractivity contribution in [3.8, 4) is 17.0 Å². The molecule has 5 rings (SSSR count). The second-order valence-electron chi connectivity index (χ2n) is 10.6. The number of H-pyrrole nitrogens is 1.